The first kappa shape index (κ1) is 13.4. The molecule has 1 aliphatic heterocycles. The largest absolute Gasteiger partial charge is 0.366 e. The predicted molar refractivity (Wildman–Crippen MR) is 79.2 cm³/mol. The molecule has 0 bridgehead atoms. The first-order valence-electron chi connectivity index (χ1n) is 6.95. The molecule has 2 unspecified atom stereocenters. The fourth-order valence-corrected chi connectivity index (χ4v) is 2.67. The molecular weight excluding hydrogens is 220 g/mol. The van der Waals surface area contributed by atoms with E-state index in [0.717, 1.165) is 13.1 Å². The summed E-state index contributed by atoms with van der Waals surface area (Å²) in [7, 11) is 0. The Balaban J connectivity index is 2.23. The predicted octanol–water partition coefficient (Wildman–Crippen LogP) is 3.21. The quantitative estimate of drug-likeness (QED) is 0.818. The molecule has 2 nitrogen and oxygen atoms in total. The molecule has 2 heteroatoms. The molecule has 18 heavy (non-hydrogen) atoms. The highest BCUT2D eigenvalue weighted by Crippen LogP contribution is 2.28. The zero-order chi connectivity index (χ0) is 13.3. The summed E-state index contributed by atoms with van der Waals surface area (Å²) in [5.41, 5.74) is 3.07. The molecule has 0 aromatic heterocycles. The van der Waals surface area contributed by atoms with Crippen LogP contribution < -0.4 is 10.2 Å². The summed E-state index contributed by atoms with van der Waals surface area (Å²) in [6.45, 7) is 13.6. The maximum atomic E-state index is 3.69. The Hall–Kier alpha value is -1.02. The SMILES string of the molecule is Cc1ccccc1N1CC(C(C)(C)C)NCC1C. The van der Waals surface area contributed by atoms with Gasteiger partial charge in [-0.1, -0.05) is 39.0 Å². The number of hydrogen-bond acceptors (Lipinski definition) is 2. The third kappa shape index (κ3) is 2.69. The highest BCUT2D eigenvalue weighted by Gasteiger charge is 2.32. The molecule has 0 radical (unpaired) electrons. The van der Waals surface area contributed by atoms with Crippen LogP contribution in [0, 0.1) is 12.3 Å². The fraction of sp³-hybridized carbons (Fsp3) is 0.625. The van der Waals surface area contributed by atoms with Crippen LogP contribution in [0.25, 0.3) is 0 Å². The normalized spacial score (nSPS) is 25.3. The molecule has 2 atom stereocenters. The average molecular weight is 246 g/mol. The Morgan fingerprint density at radius 2 is 1.89 bits per heavy atom. The molecule has 1 N–H and O–H groups in total. The van der Waals surface area contributed by atoms with Gasteiger partial charge >= 0.3 is 0 Å². The van der Waals surface area contributed by atoms with Crippen molar-refractivity contribution in [1.82, 2.24) is 5.32 Å². The van der Waals surface area contributed by atoms with Crippen LogP contribution in [-0.2, 0) is 0 Å². The van der Waals surface area contributed by atoms with Gasteiger partial charge in [-0.15, -0.1) is 0 Å². The number of nitrogens with one attached hydrogen (secondary N) is 1. The molecule has 0 aliphatic carbocycles. The van der Waals surface area contributed by atoms with Crippen molar-refractivity contribution in [2.24, 2.45) is 5.41 Å². The maximum absolute atomic E-state index is 3.69. The van der Waals surface area contributed by atoms with E-state index in [4.69, 9.17) is 0 Å². The van der Waals surface area contributed by atoms with Crippen LogP contribution in [0.3, 0.4) is 0 Å². The first-order chi connectivity index (χ1) is 8.39. The topological polar surface area (TPSA) is 15.3 Å². The lowest BCUT2D eigenvalue weighted by molar-refractivity contribution is 0.239. The van der Waals surface area contributed by atoms with E-state index in [1.54, 1.807) is 0 Å². The molecule has 1 aromatic carbocycles. The molecule has 1 saturated heterocycles. The van der Waals surface area contributed by atoms with Gasteiger partial charge in [-0.05, 0) is 30.9 Å². The number of hydrogen-bond donors (Lipinski definition) is 1. The lowest BCUT2D eigenvalue weighted by atomic mass is 9.84. The van der Waals surface area contributed by atoms with E-state index in [0.29, 0.717) is 17.5 Å². The molecule has 0 saturated carbocycles. The van der Waals surface area contributed by atoms with Gasteiger partial charge in [-0.3, -0.25) is 0 Å². The lowest BCUT2D eigenvalue weighted by Gasteiger charge is -2.45. The summed E-state index contributed by atoms with van der Waals surface area (Å²) in [4.78, 5) is 2.56. The second kappa shape index (κ2) is 4.93. The van der Waals surface area contributed by atoms with Crippen molar-refractivity contribution in [3.8, 4) is 0 Å². The molecule has 1 fully saturated rings. The molecule has 0 amide bonds. The number of rotatable bonds is 1. The number of anilines is 1. The number of para-hydroxylation sites is 1. The van der Waals surface area contributed by atoms with Crippen LogP contribution in [0.5, 0.6) is 0 Å². The van der Waals surface area contributed by atoms with Crippen LogP contribution in [-0.4, -0.2) is 25.2 Å². The Morgan fingerprint density at radius 1 is 1.22 bits per heavy atom. The summed E-state index contributed by atoms with van der Waals surface area (Å²) in [5, 5.41) is 3.69. The summed E-state index contributed by atoms with van der Waals surface area (Å²) in [5.74, 6) is 0. The number of aryl methyl sites for hydroxylation is 1. The van der Waals surface area contributed by atoms with Crippen molar-refractivity contribution in [1.29, 1.82) is 0 Å². The van der Waals surface area contributed by atoms with E-state index in [1.165, 1.54) is 11.3 Å². The van der Waals surface area contributed by atoms with Gasteiger partial charge in [0.2, 0.25) is 0 Å². The zero-order valence-corrected chi connectivity index (χ0v) is 12.3. The van der Waals surface area contributed by atoms with Gasteiger partial charge in [0.1, 0.15) is 0 Å². The third-order valence-corrected chi connectivity index (χ3v) is 4.04. The molecule has 0 spiro atoms. The standard InChI is InChI=1S/C16H26N2/c1-12-8-6-7-9-14(12)18-11-15(16(3,4)5)17-10-13(18)2/h6-9,13,15,17H,10-11H2,1-5H3. The monoisotopic (exact) mass is 246 g/mol. The summed E-state index contributed by atoms with van der Waals surface area (Å²) in [6.07, 6.45) is 0. The first-order valence-corrected chi connectivity index (χ1v) is 6.95. The van der Waals surface area contributed by atoms with E-state index in [-0.39, 0.29) is 0 Å². The molecular formula is C16H26N2. The minimum absolute atomic E-state index is 0.307. The van der Waals surface area contributed by atoms with E-state index < -0.39 is 0 Å². The Labute approximate surface area is 111 Å². The zero-order valence-electron chi connectivity index (χ0n) is 12.3. The van der Waals surface area contributed by atoms with Crippen molar-refractivity contribution in [2.45, 2.75) is 46.7 Å². The van der Waals surface area contributed by atoms with E-state index in [1.807, 2.05) is 0 Å². The van der Waals surface area contributed by atoms with Gasteiger partial charge in [-0.2, -0.15) is 0 Å². The van der Waals surface area contributed by atoms with E-state index in [9.17, 15) is 0 Å². The van der Waals surface area contributed by atoms with Crippen molar-refractivity contribution < 1.29 is 0 Å². The van der Waals surface area contributed by atoms with Gasteiger partial charge in [-0.25, -0.2) is 0 Å². The minimum Gasteiger partial charge on any atom is -0.366 e. The molecule has 1 aromatic rings. The maximum Gasteiger partial charge on any atom is 0.0399 e. The number of benzene rings is 1. The molecule has 1 heterocycles. The second-order valence-corrected chi connectivity index (χ2v) is 6.61. The second-order valence-electron chi connectivity index (χ2n) is 6.61. The van der Waals surface area contributed by atoms with Gasteiger partial charge < -0.3 is 10.2 Å². The summed E-state index contributed by atoms with van der Waals surface area (Å²) < 4.78 is 0. The van der Waals surface area contributed by atoms with Gasteiger partial charge in [0.05, 0.1) is 0 Å². The van der Waals surface area contributed by atoms with Gasteiger partial charge in [0, 0.05) is 30.9 Å². The van der Waals surface area contributed by atoms with E-state index >= 15 is 0 Å². The van der Waals surface area contributed by atoms with Crippen LogP contribution in [0.2, 0.25) is 0 Å². The van der Waals surface area contributed by atoms with Crippen LogP contribution >= 0.6 is 0 Å². The highest BCUT2D eigenvalue weighted by molar-refractivity contribution is 5.54. The number of nitrogens with zero attached hydrogens (tertiary/aromatic N) is 1. The lowest BCUT2D eigenvalue weighted by Crippen LogP contribution is -2.59. The minimum atomic E-state index is 0.307. The van der Waals surface area contributed by atoms with Crippen molar-refractivity contribution in [2.75, 3.05) is 18.0 Å². The van der Waals surface area contributed by atoms with E-state index in [2.05, 4.69) is 69.1 Å². The van der Waals surface area contributed by atoms with Gasteiger partial charge in [0.25, 0.3) is 0 Å². The van der Waals surface area contributed by atoms with Crippen LogP contribution in [0.1, 0.15) is 33.3 Å². The molecule has 1 aliphatic rings. The summed E-state index contributed by atoms with van der Waals surface area (Å²) >= 11 is 0. The smallest absolute Gasteiger partial charge is 0.0399 e. The van der Waals surface area contributed by atoms with Gasteiger partial charge in [0.15, 0.2) is 0 Å². The Morgan fingerprint density at radius 3 is 2.50 bits per heavy atom. The van der Waals surface area contributed by atoms with Crippen molar-refractivity contribution in [3.63, 3.8) is 0 Å². The molecule has 100 valence electrons. The number of piperazine rings is 1. The van der Waals surface area contributed by atoms with Crippen LogP contribution in [0.15, 0.2) is 24.3 Å². The van der Waals surface area contributed by atoms with Crippen LogP contribution in [0.4, 0.5) is 5.69 Å². The Kier molecular flexibility index (Phi) is 3.67. The van der Waals surface area contributed by atoms with Crippen molar-refractivity contribution >= 4 is 5.69 Å². The highest BCUT2D eigenvalue weighted by atomic mass is 15.2. The average Bonchev–Trinajstić information content (AvgIpc) is 2.29. The summed E-state index contributed by atoms with van der Waals surface area (Å²) in [6, 6.07) is 9.82. The molecule has 2 rings (SSSR count). The Bertz CT molecular complexity index is 406. The third-order valence-electron chi connectivity index (χ3n) is 4.04. The van der Waals surface area contributed by atoms with Crippen molar-refractivity contribution in [3.05, 3.63) is 29.8 Å². The fourth-order valence-electron chi connectivity index (χ4n) is 2.67.